The second-order valence-electron chi connectivity index (χ2n) is 7.82. The van der Waals surface area contributed by atoms with Gasteiger partial charge in [-0.3, -0.25) is 4.79 Å². The molecular formula is C25H29N3O3S. The summed E-state index contributed by atoms with van der Waals surface area (Å²) in [5.41, 5.74) is 2.74. The minimum Gasteiger partial charge on any atom is -0.478 e. The molecule has 0 saturated carbocycles. The van der Waals surface area contributed by atoms with E-state index in [1.54, 1.807) is 30.5 Å². The third-order valence-corrected chi connectivity index (χ3v) is 5.72. The molecule has 1 atom stereocenters. The fourth-order valence-electron chi connectivity index (χ4n) is 3.50. The van der Waals surface area contributed by atoms with Gasteiger partial charge in [0.2, 0.25) is 0 Å². The van der Waals surface area contributed by atoms with Gasteiger partial charge in [-0.2, -0.15) is 12.6 Å². The summed E-state index contributed by atoms with van der Waals surface area (Å²) >= 11 is 4.41. The number of nitrogens with one attached hydrogen (secondary N) is 1. The lowest BCUT2D eigenvalue weighted by molar-refractivity contribution is 0.0696. The van der Waals surface area contributed by atoms with Crippen LogP contribution in [0.25, 0.3) is 0 Å². The highest BCUT2D eigenvalue weighted by Gasteiger charge is 2.18. The second-order valence-corrected chi connectivity index (χ2v) is 8.18. The van der Waals surface area contributed by atoms with E-state index in [9.17, 15) is 9.59 Å². The number of amides is 1. The van der Waals surface area contributed by atoms with Crippen LogP contribution >= 0.6 is 12.6 Å². The number of carboxylic acids is 1. The predicted molar refractivity (Wildman–Crippen MR) is 129 cm³/mol. The summed E-state index contributed by atoms with van der Waals surface area (Å²) in [7, 11) is 0. The molecule has 2 N–H and O–H groups in total. The normalized spacial score (nSPS) is 11.8. The molecule has 0 bridgehead atoms. The first-order valence-electron chi connectivity index (χ1n) is 10.8. The summed E-state index contributed by atoms with van der Waals surface area (Å²) in [5, 5.41) is 12.1. The highest BCUT2D eigenvalue weighted by molar-refractivity contribution is 7.80. The van der Waals surface area contributed by atoms with Gasteiger partial charge >= 0.3 is 5.97 Å². The topological polar surface area (TPSA) is 84.2 Å². The van der Waals surface area contributed by atoms with Crippen molar-refractivity contribution < 1.29 is 14.7 Å². The zero-order chi connectivity index (χ0) is 22.9. The number of aromatic nitrogens is 2. The van der Waals surface area contributed by atoms with Crippen LogP contribution in [-0.2, 0) is 19.4 Å². The number of thiol groups is 1. The van der Waals surface area contributed by atoms with Gasteiger partial charge in [0.25, 0.3) is 5.91 Å². The van der Waals surface area contributed by atoms with Gasteiger partial charge in [-0.15, -0.1) is 0 Å². The number of carboxylic acid groups (broad SMARTS) is 1. The molecule has 0 fully saturated rings. The van der Waals surface area contributed by atoms with E-state index in [0.29, 0.717) is 24.4 Å². The number of carbonyl (C=O) groups excluding carboxylic acids is 1. The van der Waals surface area contributed by atoms with E-state index < -0.39 is 5.97 Å². The van der Waals surface area contributed by atoms with Crippen LogP contribution < -0.4 is 5.32 Å². The van der Waals surface area contributed by atoms with E-state index >= 15 is 0 Å². The van der Waals surface area contributed by atoms with E-state index in [1.807, 2.05) is 34.9 Å². The largest absolute Gasteiger partial charge is 0.478 e. The molecule has 0 unspecified atom stereocenters. The summed E-state index contributed by atoms with van der Waals surface area (Å²) in [6, 6.07) is 16.7. The first kappa shape index (κ1) is 23.6. The standard InChI is InChI=1S/C25H29N3O3S/c1-2-3-9-23-27-22(16-28(23)15-19-10-12-20(13-11-19)25(30)31)24(29)26-21(17-32)14-18-7-5-4-6-8-18/h4-8,10-13,16,21,32H,2-3,9,14-15,17H2,1H3,(H,26,29)(H,30,31)/t21-/m1/s1. The van der Waals surface area contributed by atoms with E-state index in [1.165, 1.54) is 0 Å². The molecular weight excluding hydrogens is 422 g/mol. The Labute approximate surface area is 194 Å². The molecule has 3 aromatic rings. The maximum Gasteiger partial charge on any atom is 0.335 e. The molecule has 0 aliphatic heterocycles. The summed E-state index contributed by atoms with van der Waals surface area (Å²) in [6.07, 6.45) is 5.26. The third-order valence-electron chi connectivity index (χ3n) is 5.28. The molecule has 168 valence electrons. The number of aryl methyl sites for hydroxylation is 1. The summed E-state index contributed by atoms with van der Waals surface area (Å²) in [5.74, 6) is 0.221. The lowest BCUT2D eigenvalue weighted by atomic mass is 10.1. The quantitative estimate of drug-likeness (QED) is 0.381. The van der Waals surface area contributed by atoms with Crippen molar-refractivity contribution in [2.45, 2.75) is 45.2 Å². The Balaban J connectivity index is 1.74. The molecule has 1 aromatic heterocycles. The van der Waals surface area contributed by atoms with Crippen LogP contribution in [0.1, 0.15) is 57.6 Å². The third kappa shape index (κ3) is 6.47. The molecule has 0 aliphatic carbocycles. The number of carbonyl (C=O) groups is 2. The highest BCUT2D eigenvalue weighted by atomic mass is 32.1. The first-order valence-corrected chi connectivity index (χ1v) is 11.5. The molecule has 1 heterocycles. The number of hydrogen-bond acceptors (Lipinski definition) is 4. The van der Waals surface area contributed by atoms with Crippen molar-refractivity contribution in [3.8, 4) is 0 Å². The van der Waals surface area contributed by atoms with Gasteiger partial charge in [-0.25, -0.2) is 9.78 Å². The van der Waals surface area contributed by atoms with Gasteiger partial charge in [0, 0.05) is 31.0 Å². The number of rotatable bonds is 11. The molecule has 6 nitrogen and oxygen atoms in total. The zero-order valence-electron chi connectivity index (χ0n) is 18.2. The van der Waals surface area contributed by atoms with Crippen LogP contribution in [0.15, 0.2) is 60.8 Å². The Morgan fingerprint density at radius 2 is 1.81 bits per heavy atom. The van der Waals surface area contributed by atoms with Gasteiger partial charge < -0.3 is 15.0 Å². The number of imidazole rings is 1. The Morgan fingerprint density at radius 1 is 1.09 bits per heavy atom. The van der Waals surface area contributed by atoms with Crippen molar-refractivity contribution >= 4 is 24.5 Å². The maximum absolute atomic E-state index is 12.9. The van der Waals surface area contributed by atoms with E-state index in [2.05, 4.69) is 29.9 Å². The van der Waals surface area contributed by atoms with Crippen LogP contribution in [0.2, 0.25) is 0 Å². The smallest absolute Gasteiger partial charge is 0.335 e. The zero-order valence-corrected chi connectivity index (χ0v) is 19.1. The van der Waals surface area contributed by atoms with Gasteiger partial charge in [0.05, 0.1) is 5.56 Å². The van der Waals surface area contributed by atoms with Crippen molar-refractivity contribution in [2.75, 3.05) is 5.75 Å². The number of hydrogen-bond donors (Lipinski definition) is 3. The van der Waals surface area contributed by atoms with Crippen molar-refractivity contribution in [3.05, 3.63) is 89.0 Å². The molecule has 0 aliphatic rings. The molecule has 0 radical (unpaired) electrons. The molecule has 32 heavy (non-hydrogen) atoms. The first-order chi connectivity index (χ1) is 15.5. The molecule has 1 amide bonds. The van der Waals surface area contributed by atoms with Crippen LogP contribution in [0.5, 0.6) is 0 Å². The lowest BCUT2D eigenvalue weighted by Gasteiger charge is -2.15. The summed E-state index contributed by atoms with van der Waals surface area (Å²) in [6.45, 7) is 2.64. The Morgan fingerprint density at radius 3 is 2.44 bits per heavy atom. The SMILES string of the molecule is CCCCc1nc(C(=O)N[C@@H](CS)Cc2ccccc2)cn1Cc1ccc(C(=O)O)cc1. The number of benzene rings is 2. The molecule has 3 rings (SSSR count). The van der Waals surface area contributed by atoms with Crippen LogP contribution in [-0.4, -0.2) is 38.3 Å². The molecule has 7 heteroatoms. The van der Waals surface area contributed by atoms with E-state index in [4.69, 9.17) is 5.11 Å². The fraction of sp³-hybridized carbons (Fsp3) is 0.320. The van der Waals surface area contributed by atoms with Gasteiger partial charge in [0.15, 0.2) is 0 Å². The maximum atomic E-state index is 12.9. The second kappa shape index (κ2) is 11.5. The minimum absolute atomic E-state index is 0.0963. The Hall–Kier alpha value is -3.06. The monoisotopic (exact) mass is 451 g/mol. The van der Waals surface area contributed by atoms with Crippen molar-refractivity contribution in [3.63, 3.8) is 0 Å². The minimum atomic E-state index is -0.948. The number of aromatic carboxylic acids is 1. The number of unbranched alkanes of at least 4 members (excludes halogenated alkanes) is 1. The van der Waals surface area contributed by atoms with Crippen LogP contribution in [0.3, 0.4) is 0 Å². The highest BCUT2D eigenvalue weighted by Crippen LogP contribution is 2.13. The van der Waals surface area contributed by atoms with Gasteiger partial charge in [-0.05, 0) is 36.1 Å². The molecule has 0 spiro atoms. The summed E-state index contributed by atoms with van der Waals surface area (Å²) in [4.78, 5) is 28.6. The molecule has 2 aromatic carbocycles. The van der Waals surface area contributed by atoms with E-state index in [-0.39, 0.29) is 17.5 Å². The lowest BCUT2D eigenvalue weighted by Crippen LogP contribution is -2.38. The Kier molecular flexibility index (Phi) is 8.50. The predicted octanol–water partition coefficient (Wildman–Crippen LogP) is 4.24. The Bertz CT molecular complexity index is 1030. The van der Waals surface area contributed by atoms with Gasteiger partial charge in [0.1, 0.15) is 11.5 Å². The van der Waals surface area contributed by atoms with Crippen molar-refractivity contribution in [2.24, 2.45) is 0 Å². The summed E-state index contributed by atoms with van der Waals surface area (Å²) < 4.78 is 1.98. The van der Waals surface area contributed by atoms with Gasteiger partial charge in [-0.1, -0.05) is 55.8 Å². The van der Waals surface area contributed by atoms with Crippen LogP contribution in [0, 0.1) is 0 Å². The fourth-order valence-corrected chi connectivity index (χ4v) is 3.72. The number of nitrogens with zero attached hydrogens (tertiary/aromatic N) is 2. The van der Waals surface area contributed by atoms with Crippen molar-refractivity contribution in [1.82, 2.24) is 14.9 Å². The molecule has 0 saturated heterocycles. The van der Waals surface area contributed by atoms with Crippen molar-refractivity contribution in [1.29, 1.82) is 0 Å². The van der Waals surface area contributed by atoms with Crippen LogP contribution in [0.4, 0.5) is 0 Å². The van der Waals surface area contributed by atoms with E-state index in [0.717, 1.165) is 36.2 Å². The average molecular weight is 452 g/mol. The average Bonchev–Trinajstić information content (AvgIpc) is 3.20.